The highest BCUT2D eigenvalue weighted by molar-refractivity contribution is 5.86. The molecule has 21 heavy (non-hydrogen) atoms. The smallest absolute Gasteiger partial charge is 0.342 e. The van der Waals surface area contributed by atoms with Crippen molar-refractivity contribution in [3.8, 4) is 11.5 Å². The fourth-order valence-corrected chi connectivity index (χ4v) is 1.90. The highest BCUT2D eigenvalue weighted by Crippen LogP contribution is 2.36. The SMILES string of the molecule is O=C(O)c1cnc(C=Cc2cccc3c2OCO3)[nH]c1=O. The van der Waals surface area contributed by atoms with E-state index < -0.39 is 17.1 Å². The fourth-order valence-electron chi connectivity index (χ4n) is 1.90. The van der Waals surface area contributed by atoms with Crippen molar-refractivity contribution < 1.29 is 19.4 Å². The largest absolute Gasteiger partial charge is 0.477 e. The maximum atomic E-state index is 11.5. The van der Waals surface area contributed by atoms with Crippen molar-refractivity contribution in [1.82, 2.24) is 9.97 Å². The zero-order valence-corrected chi connectivity index (χ0v) is 10.7. The van der Waals surface area contributed by atoms with Crippen LogP contribution in [0.2, 0.25) is 0 Å². The molecule has 1 aromatic carbocycles. The molecule has 0 spiro atoms. The zero-order chi connectivity index (χ0) is 14.8. The van der Waals surface area contributed by atoms with Crippen LogP contribution in [0.25, 0.3) is 12.2 Å². The van der Waals surface area contributed by atoms with E-state index in [1.54, 1.807) is 18.2 Å². The average Bonchev–Trinajstić information content (AvgIpc) is 2.93. The van der Waals surface area contributed by atoms with Crippen LogP contribution in [0.1, 0.15) is 21.7 Å². The number of carboxylic acid groups (broad SMARTS) is 1. The number of carboxylic acids is 1. The second-order valence-electron chi connectivity index (χ2n) is 4.23. The number of benzene rings is 1. The van der Waals surface area contributed by atoms with E-state index in [0.29, 0.717) is 11.5 Å². The lowest BCUT2D eigenvalue weighted by Gasteiger charge is -2.00. The lowest BCUT2D eigenvalue weighted by atomic mass is 10.1. The lowest BCUT2D eigenvalue weighted by Crippen LogP contribution is -2.18. The Morgan fingerprint density at radius 1 is 1.33 bits per heavy atom. The first-order valence-electron chi connectivity index (χ1n) is 6.04. The number of ether oxygens (including phenoxy) is 2. The van der Waals surface area contributed by atoms with Gasteiger partial charge in [0, 0.05) is 11.8 Å². The van der Waals surface area contributed by atoms with Crippen LogP contribution in [0.3, 0.4) is 0 Å². The number of para-hydroxylation sites is 1. The van der Waals surface area contributed by atoms with E-state index in [2.05, 4.69) is 9.97 Å². The molecule has 1 aliphatic rings. The molecule has 2 heterocycles. The number of nitrogens with zero attached hydrogens (tertiary/aromatic N) is 1. The van der Waals surface area contributed by atoms with E-state index >= 15 is 0 Å². The maximum absolute atomic E-state index is 11.5. The number of nitrogens with one attached hydrogen (secondary N) is 1. The topological polar surface area (TPSA) is 102 Å². The Hall–Kier alpha value is -3.09. The summed E-state index contributed by atoms with van der Waals surface area (Å²) in [6, 6.07) is 5.44. The molecule has 7 heteroatoms. The molecule has 0 fully saturated rings. The van der Waals surface area contributed by atoms with Gasteiger partial charge in [-0.3, -0.25) is 4.79 Å². The second kappa shape index (κ2) is 5.12. The van der Waals surface area contributed by atoms with E-state index in [1.807, 2.05) is 12.1 Å². The van der Waals surface area contributed by atoms with Crippen molar-refractivity contribution in [2.24, 2.45) is 0 Å². The number of carbonyl (C=O) groups is 1. The Morgan fingerprint density at radius 2 is 2.19 bits per heavy atom. The van der Waals surface area contributed by atoms with Gasteiger partial charge in [0.2, 0.25) is 6.79 Å². The van der Waals surface area contributed by atoms with Gasteiger partial charge < -0.3 is 19.6 Å². The number of H-pyrrole nitrogens is 1. The van der Waals surface area contributed by atoms with Gasteiger partial charge in [0.05, 0.1) is 0 Å². The minimum Gasteiger partial charge on any atom is -0.477 e. The standard InChI is InChI=1S/C14H10N2O5/c17-13-9(14(18)19)6-15-11(16-13)5-4-8-2-1-3-10-12(8)21-7-20-10/h1-6H,7H2,(H,18,19)(H,15,16,17). The summed E-state index contributed by atoms with van der Waals surface area (Å²) in [5, 5.41) is 8.76. The third kappa shape index (κ3) is 2.48. The van der Waals surface area contributed by atoms with Crippen molar-refractivity contribution in [2.45, 2.75) is 0 Å². The number of fused-ring (bicyclic) bond motifs is 1. The molecule has 1 aromatic heterocycles. The summed E-state index contributed by atoms with van der Waals surface area (Å²) in [7, 11) is 0. The quantitative estimate of drug-likeness (QED) is 0.883. The van der Waals surface area contributed by atoms with Crippen LogP contribution >= 0.6 is 0 Å². The van der Waals surface area contributed by atoms with Crippen molar-refractivity contribution in [3.63, 3.8) is 0 Å². The summed E-state index contributed by atoms with van der Waals surface area (Å²) in [6.07, 6.45) is 4.28. The van der Waals surface area contributed by atoms with Gasteiger partial charge in [-0.15, -0.1) is 0 Å². The summed E-state index contributed by atoms with van der Waals surface area (Å²) in [5.41, 5.74) is -0.325. The Bertz CT molecular complexity index is 794. The predicted molar refractivity (Wildman–Crippen MR) is 73.3 cm³/mol. The van der Waals surface area contributed by atoms with Gasteiger partial charge in [-0.05, 0) is 18.2 Å². The molecular weight excluding hydrogens is 276 g/mol. The van der Waals surface area contributed by atoms with E-state index in [4.69, 9.17) is 14.6 Å². The molecule has 106 valence electrons. The highest BCUT2D eigenvalue weighted by Gasteiger charge is 2.15. The van der Waals surface area contributed by atoms with Crippen LogP contribution in [0.4, 0.5) is 0 Å². The summed E-state index contributed by atoms with van der Waals surface area (Å²) in [6.45, 7) is 0.169. The maximum Gasteiger partial charge on any atom is 0.342 e. The van der Waals surface area contributed by atoms with Gasteiger partial charge in [0.1, 0.15) is 11.4 Å². The van der Waals surface area contributed by atoms with Crippen LogP contribution in [-0.4, -0.2) is 27.8 Å². The summed E-state index contributed by atoms with van der Waals surface area (Å²) in [4.78, 5) is 28.5. The molecule has 2 aromatic rings. The van der Waals surface area contributed by atoms with Gasteiger partial charge in [-0.25, -0.2) is 9.78 Å². The molecule has 0 amide bonds. The van der Waals surface area contributed by atoms with Gasteiger partial charge in [0.15, 0.2) is 11.5 Å². The van der Waals surface area contributed by atoms with Crippen molar-refractivity contribution in [1.29, 1.82) is 0 Å². The first-order chi connectivity index (χ1) is 10.1. The first kappa shape index (κ1) is 12.9. The lowest BCUT2D eigenvalue weighted by molar-refractivity contribution is 0.0694. The molecule has 1 aliphatic heterocycles. The molecule has 0 radical (unpaired) electrons. The third-order valence-corrected chi connectivity index (χ3v) is 2.90. The van der Waals surface area contributed by atoms with Crippen LogP contribution in [0.15, 0.2) is 29.2 Å². The molecular formula is C14H10N2O5. The van der Waals surface area contributed by atoms with E-state index in [-0.39, 0.29) is 12.6 Å². The number of aromatic nitrogens is 2. The molecule has 0 unspecified atom stereocenters. The Labute approximate surface area is 118 Å². The zero-order valence-electron chi connectivity index (χ0n) is 10.7. The van der Waals surface area contributed by atoms with Crippen molar-refractivity contribution >= 4 is 18.1 Å². The summed E-state index contributed by atoms with van der Waals surface area (Å²) >= 11 is 0. The van der Waals surface area contributed by atoms with Crippen LogP contribution in [0, 0.1) is 0 Å². The molecule has 0 saturated carbocycles. The average molecular weight is 286 g/mol. The minimum absolute atomic E-state index is 0.169. The van der Waals surface area contributed by atoms with Gasteiger partial charge in [-0.1, -0.05) is 12.1 Å². The monoisotopic (exact) mass is 286 g/mol. The van der Waals surface area contributed by atoms with Gasteiger partial charge in [0.25, 0.3) is 5.56 Å². The Morgan fingerprint density at radius 3 is 2.95 bits per heavy atom. The molecule has 3 rings (SSSR count). The normalized spacial score (nSPS) is 12.8. The van der Waals surface area contributed by atoms with Crippen LogP contribution in [-0.2, 0) is 0 Å². The first-order valence-corrected chi connectivity index (χ1v) is 6.04. The molecule has 0 saturated heterocycles. The van der Waals surface area contributed by atoms with Crippen LogP contribution in [0.5, 0.6) is 11.5 Å². The van der Waals surface area contributed by atoms with E-state index in [1.165, 1.54) is 0 Å². The summed E-state index contributed by atoms with van der Waals surface area (Å²) in [5.74, 6) is 0.213. The molecule has 0 bridgehead atoms. The summed E-state index contributed by atoms with van der Waals surface area (Å²) < 4.78 is 10.6. The molecule has 7 nitrogen and oxygen atoms in total. The molecule has 0 aliphatic carbocycles. The predicted octanol–water partition coefficient (Wildman–Crippen LogP) is 1.37. The number of hydrogen-bond donors (Lipinski definition) is 2. The number of rotatable bonds is 3. The minimum atomic E-state index is -1.31. The van der Waals surface area contributed by atoms with E-state index in [0.717, 1.165) is 11.8 Å². The molecule has 0 atom stereocenters. The fraction of sp³-hybridized carbons (Fsp3) is 0.0714. The van der Waals surface area contributed by atoms with Gasteiger partial charge in [-0.2, -0.15) is 0 Å². The number of aromatic carboxylic acids is 1. The third-order valence-electron chi connectivity index (χ3n) is 2.90. The molecule has 2 N–H and O–H groups in total. The van der Waals surface area contributed by atoms with Crippen molar-refractivity contribution in [2.75, 3.05) is 6.79 Å². The van der Waals surface area contributed by atoms with Crippen LogP contribution < -0.4 is 15.0 Å². The van der Waals surface area contributed by atoms with E-state index in [9.17, 15) is 9.59 Å². The van der Waals surface area contributed by atoms with Crippen molar-refractivity contribution in [3.05, 3.63) is 51.7 Å². The Kier molecular flexibility index (Phi) is 3.15. The van der Waals surface area contributed by atoms with Gasteiger partial charge >= 0.3 is 5.97 Å². The number of aromatic amines is 1. The second-order valence-corrected chi connectivity index (χ2v) is 4.23. The highest BCUT2D eigenvalue weighted by atomic mass is 16.7. The number of hydrogen-bond acceptors (Lipinski definition) is 5. The Balaban J connectivity index is 1.91.